The predicted molar refractivity (Wildman–Crippen MR) is 116 cm³/mol. The zero-order chi connectivity index (χ0) is 22.6. The lowest BCUT2D eigenvalue weighted by atomic mass is 9.93. The van der Waals surface area contributed by atoms with Gasteiger partial charge in [-0.3, -0.25) is 9.80 Å². The van der Waals surface area contributed by atoms with Crippen LogP contribution < -0.4 is 15.1 Å². The number of carbonyl (C=O) groups is 1. The van der Waals surface area contributed by atoms with Gasteiger partial charge in [0.15, 0.2) is 11.6 Å². The molecule has 5 rings (SSSR count). The van der Waals surface area contributed by atoms with Crippen LogP contribution in [0.25, 0.3) is 10.9 Å². The van der Waals surface area contributed by atoms with Gasteiger partial charge in [-0.2, -0.15) is 0 Å². The van der Waals surface area contributed by atoms with E-state index in [1.54, 1.807) is 5.01 Å². The number of piperidine rings is 1. The summed E-state index contributed by atoms with van der Waals surface area (Å²) in [6, 6.07) is 1.22. The van der Waals surface area contributed by atoms with Crippen LogP contribution in [-0.2, 0) is 4.74 Å². The van der Waals surface area contributed by atoms with Gasteiger partial charge in [-0.25, -0.2) is 9.18 Å². The van der Waals surface area contributed by atoms with E-state index in [4.69, 9.17) is 9.47 Å². The molecule has 32 heavy (non-hydrogen) atoms. The van der Waals surface area contributed by atoms with Crippen molar-refractivity contribution in [2.45, 2.75) is 37.8 Å². The standard InChI is InChI=1S/C22H25FN4O5/c1-31-21-18-14(20(28)15(22(29)32-2)10-26(18)13-5-6-13)8-16(23)19(21)25-9-12-4-3-7-27(24-30)17(12)11-25/h8,10,12-13,17H,3-7,9,11H2,1-2H3/t12-,17+/m0/s1. The second kappa shape index (κ2) is 7.75. The summed E-state index contributed by atoms with van der Waals surface area (Å²) in [4.78, 5) is 38.4. The average Bonchev–Trinajstić information content (AvgIpc) is 3.55. The molecule has 0 spiro atoms. The van der Waals surface area contributed by atoms with Crippen LogP contribution >= 0.6 is 0 Å². The number of ether oxygens (including phenoxy) is 2. The van der Waals surface area contributed by atoms with Crippen molar-refractivity contribution in [2.75, 3.05) is 38.8 Å². The lowest BCUT2D eigenvalue weighted by Crippen LogP contribution is -2.41. The number of aromatic nitrogens is 1. The number of hydrogen-bond donors (Lipinski definition) is 0. The van der Waals surface area contributed by atoms with E-state index < -0.39 is 17.2 Å². The topological polar surface area (TPSA) is 93.4 Å². The molecule has 1 aromatic heterocycles. The van der Waals surface area contributed by atoms with E-state index in [1.807, 2.05) is 9.47 Å². The van der Waals surface area contributed by atoms with E-state index in [0.29, 0.717) is 25.2 Å². The second-order valence-corrected chi connectivity index (χ2v) is 8.76. The largest absolute Gasteiger partial charge is 0.492 e. The van der Waals surface area contributed by atoms with Crippen LogP contribution in [0.15, 0.2) is 22.3 Å². The molecule has 1 saturated carbocycles. The number of hydrogen-bond acceptors (Lipinski definition) is 7. The highest BCUT2D eigenvalue weighted by Crippen LogP contribution is 2.45. The first kappa shape index (κ1) is 20.7. The zero-order valence-electron chi connectivity index (χ0n) is 18.0. The number of nitroso groups, excluding NO2 is 1. The van der Waals surface area contributed by atoms with Gasteiger partial charge in [-0.1, -0.05) is 0 Å². The van der Waals surface area contributed by atoms with Gasteiger partial charge in [0.25, 0.3) is 0 Å². The highest BCUT2D eigenvalue weighted by Gasteiger charge is 2.42. The van der Waals surface area contributed by atoms with E-state index in [0.717, 1.165) is 25.7 Å². The fourth-order valence-electron chi connectivity index (χ4n) is 5.27. The van der Waals surface area contributed by atoms with Crippen LogP contribution in [0, 0.1) is 16.6 Å². The van der Waals surface area contributed by atoms with Crippen molar-refractivity contribution >= 4 is 22.6 Å². The molecule has 9 nitrogen and oxygen atoms in total. The fraction of sp³-hybridized carbons (Fsp3) is 0.545. The number of anilines is 1. The Kier molecular flexibility index (Phi) is 5.02. The Morgan fingerprint density at radius 3 is 2.66 bits per heavy atom. The number of fused-ring (bicyclic) bond motifs is 2. The van der Waals surface area contributed by atoms with Crippen molar-refractivity contribution in [1.82, 2.24) is 9.58 Å². The minimum Gasteiger partial charge on any atom is -0.492 e. The Bertz CT molecular complexity index is 1160. The number of methoxy groups -OCH3 is 2. The third kappa shape index (κ3) is 3.11. The second-order valence-electron chi connectivity index (χ2n) is 8.76. The Hall–Kier alpha value is -3.17. The minimum atomic E-state index is -0.750. The third-order valence-electron chi connectivity index (χ3n) is 6.92. The number of rotatable bonds is 5. The lowest BCUT2D eigenvalue weighted by molar-refractivity contribution is 0.0598. The van der Waals surface area contributed by atoms with Crippen LogP contribution in [0.5, 0.6) is 5.75 Å². The molecule has 2 saturated heterocycles. The number of carbonyl (C=O) groups excluding carboxylic acids is 1. The summed E-state index contributed by atoms with van der Waals surface area (Å²) in [5.41, 5.74) is 0.0454. The molecule has 0 amide bonds. The summed E-state index contributed by atoms with van der Waals surface area (Å²) >= 11 is 0. The first-order chi connectivity index (χ1) is 15.5. The molecule has 170 valence electrons. The van der Waals surface area contributed by atoms with Gasteiger partial charge >= 0.3 is 5.97 Å². The van der Waals surface area contributed by atoms with Crippen LogP contribution in [0.2, 0.25) is 0 Å². The third-order valence-corrected chi connectivity index (χ3v) is 6.92. The van der Waals surface area contributed by atoms with E-state index in [2.05, 4.69) is 5.29 Å². The summed E-state index contributed by atoms with van der Waals surface area (Å²) < 4.78 is 27.8. The number of nitrogens with zero attached hydrogens (tertiary/aromatic N) is 4. The van der Waals surface area contributed by atoms with Crippen LogP contribution in [-0.4, -0.2) is 55.4 Å². The van der Waals surface area contributed by atoms with Gasteiger partial charge in [0.1, 0.15) is 11.3 Å². The smallest absolute Gasteiger partial charge is 0.343 e. The van der Waals surface area contributed by atoms with Crippen LogP contribution in [0.4, 0.5) is 10.1 Å². The first-order valence-corrected chi connectivity index (χ1v) is 10.9. The first-order valence-electron chi connectivity index (χ1n) is 10.9. The summed E-state index contributed by atoms with van der Waals surface area (Å²) in [5.74, 6) is -0.877. The van der Waals surface area contributed by atoms with Crippen molar-refractivity contribution in [3.8, 4) is 5.75 Å². The van der Waals surface area contributed by atoms with Crippen molar-refractivity contribution in [3.05, 3.63) is 38.8 Å². The molecule has 2 aliphatic heterocycles. The van der Waals surface area contributed by atoms with Gasteiger partial charge in [0.2, 0.25) is 5.43 Å². The van der Waals surface area contributed by atoms with Crippen molar-refractivity contribution in [2.24, 2.45) is 11.2 Å². The Morgan fingerprint density at radius 2 is 2.00 bits per heavy atom. The van der Waals surface area contributed by atoms with E-state index in [9.17, 15) is 14.5 Å². The Morgan fingerprint density at radius 1 is 1.22 bits per heavy atom. The van der Waals surface area contributed by atoms with Gasteiger partial charge in [-0.15, -0.1) is 4.91 Å². The number of halogens is 1. The molecule has 0 bridgehead atoms. The molecule has 1 aromatic carbocycles. The highest BCUT2D eigenvalue weighted by molar-refractivity contribution is 5.97. The van der Waals surface area contributed by atoms with Crippen LogP contribution in [0.3, 0.4) is 0 Å². The Balaban J connectivity index is 1.69. The van der Waals surface area contributed by atoms with Crippen LogP contribution in [0.1, 0.15) is 42.1 Å². The summed E-state index contributed by atoms with van der Waals surface area (Å²) in [5, 5.41) is 4.81. The zero-order valence-corrected chi connectivity index (χ0v) is 18.0. The van der Waals surface area contributed by atoms with E-state index in [1.165, 1.54) is 26.5 Å². The molecule has 2 atom stereocenters. The molecule has 0 unspecified atom stereocenters. The van der Waals surface area contributed by atoms with Crippen molar-refractivity contribution in [1.29, 1.82) is 0 Å². The summed E-state index contributed by atoms with van der Waals surface area (Å²) in [6.07, 6.45) is 5.10. The maximum atomic E-state index is 15.5. The molecule has 0 N–H and O–H groups in total. The summed E-state index contributed by atoms with van der Waals surface area (Å²) in [6.45, 7) is 1.62. The highest BCUT2D eigenvalue weighted by atomic mass is 19.1. The monoisotopic (exact) mass is 444 g/mol. The predicted octanol–water partition coefficient (Wildman–Crippen LogP) is 2.85. The quantitative estimate of drug-likeness (QED) is 0.517. The molecular weight excluding hydrogens is 419 g/mol. The fourth-order valence-corrected chi connectivity index (χ4v) is 5.27. The van der Waals surface area contributed by atoms with Crippen molar-refractivity contribution < 1.29 is 18.7 Å². The van der Waals surface area contributed by atoms with E-state index in [-0.39, 0.29) is 40.4 Å². The van der Waals surface area contributed by atoms with Gasteiger partial charge < -0.3 is 18.9 Å². The molecule has 3 heterocycles. The molecule has 3 fully saturated rings. The molecule has 10 heteroatoms. The molecule has 1 aliphatic carbocycles. The SMILES string of the molecule is COC(=O)c1cn(C2CC2)c2c(OC)c(N3C[C@@H]4CCCN(N=O)[C@@H]4C3)c(F)cc2c1=O. The van der Waals surface area contributed by atoms with Gasteiger partial charge in [0, 0.05) is 37.8 Å². The normalized spacial score (nSPS) is 22.7. The maximum absolute atomic E-state index is 15.5. The Labute approximate surface area is 183 Å². The summed E-state index contributed by atoms with van der Waals surface area (Å²) in [7, 11) is 2.66. The number of esters is 1. The average molecular weight is 444 g/mol. The molecule has 0 radical (unpaired) electrons. The molecule has 3 aliphatic rings. The van der Waals surface area contributed by atoms with Gasteiger partial charge in [-0.05, 0) is 31.7 Å². The molecular formula is C22H25FN4O5. The number of benzene rings is 1. The maximum Gasteiger partial charge on any atom is 0.343 e. The van der Waals surface area contributed by atoms with Gasteiger partial charge in [0.05, 0.1) is 36.5 Å². The molecule has 2 aromatic rings. The van der Waals surface area contributed by atoms with E-state index >= 15 is 4.39 Å². The number of pyridine rings is 1. The lowest BCUT2D eigenvalue weighted by Gasteiger charge is -2.31. The minimum absolute atomic E-state index is 0.0756. The van der Waals surface area contributed by atoms with Crippen molar-refractivity contribution in [3.63, 3.8) is 0 Å².